The van der Waals surface area contributed by atoms with Gasteiger partial charge in [-0.3, -0.25) is 0 Å². The molecule has 0 nitrogen and oxygen atoms in total. The van der Waals surface area contributed by atoms with E-state index in [4.69, 9.17) is 0 Å². The second-order valence-electron chi connectivity index (χ2n) is 3.41. The van der Waals surface area contributed by atoms with Crippen molar-refractivity contribution in [2.45, 2.75) is 20.8 Å². The minimum absolute atomic E-state index is 0.166. The molecule has 0 N–H and O–H groups in total. The molecule has 0 amide bonds. The second kappa shape index (κ2) is 2.12. The van der Waals surface area contributed by atoms with Gasteiger partial charge in [-0.1, -0.05) is 38.7 Å². The van der Waals surface area contributed by atoms with Gasteiger partial charge in [0, 0.05) is 5.41 Å². The Morgan fingerprint density at radius 1 is 1.40 bits per heavy atom. The van der Waals surface area contributed by atoms with E-state index in [0.717, 1.165) is 0 Å². The molecule has 1 rings (SSSR count). The lowest BCUT2D eigenvalue weighted by Crippen LogP contribution is -2.13. The second-order valence-corrected chi connectivity index (χ2v) is 3.41. The Kier molecular flexibility index (Phi) is 1.55. The van der Waals surface area contributed by atoms with E-state index in [2.05, 4.69) is 45.6 Å². The molecule has 0 heterocycles. The van der Waals surface area contributed by atoms with E-state index in [-0.39, 0.29) is 5.41 Å². The smallest absolute Gasteiger partial charge is 0.00751 e. The first-order chi connectivity index (χ1) is 4.54. The highest BCUT2D eigenvalue weighted by Gasteiger charge is 2.20. The third-order valence-corrected chi connectivity index (χ3v) is 2.11. The fourth-order valence-corrected chi connectivity index (χ4v) is 1.14. The molecule has 0 spiro atoms. The van der Waals surface area contributed by atoms with E-state index in [1.807, 2.05) is 0 Å². The highest BCUT2D eigenvalue weighted by atomic mass is 14.2. The first kappa shape index (κ1) is 7.33. The van der Waals surface area contributed by atoms with Crippen molar-refractivity contribution < 1.29 is 0 Å². The fourth-order valence-electron chi connectivity index (χ4n) is 1.14. The Morgan fingerprint density at radius 3 is 2.40 bits per heavy atom. The largest absolute Gasteiger partial charge is 0.0947 e. The summed E-state index contributed by atoms with van der Waals surface area (Å²) in [4.78, 5) is 0. The maximum Gasteiger partial charge on any atom is 0.00751 e. The van der Waals surface area contributed by atoms with E-state index >= 15 is 0 Å². The minimum Gasteiger partial charge on any atom is -0.0947 e. The summed E-state index contributed by atoms with van der Waals surface area (Å²) < 4.78 is 0. The van der Waals surface area contributed by atoms with Crippen molar-refractivity contribution in [3.63, 3.8) is 0 Å². The number of hydrogen-bond donors (Lipinski definition) is 0. The van der Waals surface area contributed by atoms with Crippen molar-refractivity contribution in [2.75, 3.05) is 0 Å². The molecule has 10 heavy (non-hydrogen) atoms. The highest BCUT2D eigenvalue weighted by Crippen LogP contribution is 2.34. The van der Waals surface area contributed by atoms with Crippen LogP contribution >= 0.6 is 0 Å². The van der Waals surface area contributed by atoms with Crippen molar-refractivity contribution in [3.05, 3.63) is 36.0 Å². The zero-order valence-electron chi connectivity index (χ0n) is 6.94. The topological polar surface area (TPSA) is 0 Å². The molecule has 1 aliphatic rings. The lowest BCUT2D eigenvalue weighted by Gasteiger charge is -2.26. The van der Waals surface area contributed by atoms with Gasteiger partial charge in [0.25, 0.3) is 0 Å². The molecule has 0 aliphatic heterocycles. The first-order valence-electron chi connectivity index (χ1n) is 3.60. The van der Waals surface area contributed by atoms with Crippen LogP contribution in [0.25, 0.3) is 0 Å². The molecule has 0 bridgehead atoms. The lowest BCUT2D eigenvalue weighted by atomic mass is 9.78. The van der Waals surface area contributed by atoms with Crippen LogP contribution in [0.4, 0.5) is 0 Å². The molecule has 0 aromatic carbocycles. The Bertz CT molecular complexity index is 214. The predicted octanol–water partition coefficient (Wildman–Crippen LogP) is 3.08. The summed E-state index contributed by atoms with van der Waals surface area (Å²) in [6.45, 7) is 10.5. The van der Waals surface area contributed by atoms with Crippen LogP contribution in [0, 0.1) is 5.41 Å². The zero-order chi connectivity index (χ0) is 7.78. The van der Waals surface area contributed by atoms with Crippen LogP contribution in [0.1, 0.15) is 20.8 Å². The normalized spacial score (nSPS) is 22.7. The molecule has 0 fully saturated rings. The van der Waals surface area contributed by atoms with Crippen molar-refractivity contribution in [1.29, 1.82) is 0 Å². The van der Waals surface area contributed by atoms with Crippen LogP contribution < -0.4 is 0 Å². The van der Waals surface area contributed by atoms with Crippen LogP contribution in [0.15, 0.2) is 36.0 Å². The summed E-state index contributed by atoms with van der Waals surface area (Å²) in [5, 5.41) is 0. The van der Waals surface area contributed by atoms with Gasteiger partial charge < -0.3 is 0 Å². The molecule has 54 valence electrons. The minimum atomic E-state index is 0.166. The molecule has 0 atom stereocenters. The van der Waals surface area contributed by atoms with Gasteiger partial charge in [0.2, 0.25) is 0 Å². The third-order valence-electron chi connectivity index (χ3n) is 2.11. The van der Waals surface area contributed by atoms with Crippen molar-refractivity contribution in [1.82, 2.24) is 0 Å². The van der Waals surface area contributed by atoms with Crippen LogP contribution in [0.2, 0.25) is 0 Å². The van der Waals surface area contributed by atoms with Crippen molar-refractivity contribution in [3.8, 4) is 0 Å². The standard InChI is InChI=1S/C10H14/c1-8-6-5-7-10(3,4)9(8)2/h5-7H,2H2,1,3-4H3. The van der Waals surface area contributed by atoms with Crippen molar-refractivity contribution >= 4 is 0 Å². The van der Waals surface area contributed by atoms with E-state index in [0.29, 0.717) is 0 Å². The quantitative estimate of drug-likeness (QED) is 0.477. The Labute approximate surface area is 62.9 Å². The Balaban J connectivity index is 3.01. The first-order valence-corrected chi connectivity index (χ1v) is 3.60. The van der Waals surface area contributed by atoms with Crippen molar-refractivity contribution in [2.24, 2.45) is 5.41 Å². The zero-order valence-corrected chi connectivity index (χ0v) is 6.94. The van der Waals surface area contributed by atoms with Gasteiger partial charge in [-0.2, -0.15) is 0 Å². The average Bonchev–Trinajstić information content (AvgIpc) is 1.83. The van der Waals surface area contributed by atoms with Gasteiger partial charge in [0.15, 0.2) is 0 Å². The van der Waals surface area contributed by atoms with Crippen LogP contribution in [-0.2, 0) is 0 Å². The van der Waals surface area contributed by atoms with E-state index in [1.165, 1.54) is 11.1 Å². The molecular weight excluding hydrogens is 120 g/mol. The van der Waals surface area contributed by atoms with E-state index in [1.54, 1.807) is 0 Å². The molecule has 0 aromatic rings. The predicted molar refractivity (Wildman–Crippen MR) is 45.8 cm³/mol. The summed E-state index contributed by atoms with van der Waals surface area (Å²) in [6, 6.07) is 0. The van der Waals surface area contributed by atoms with Gasteiger partial charge in [0.05, 0.1) is 0 Å². The number of allylic oxidation sites excluding steroid dienone is 5. The van der Waals surface area contributed by atoms with Crippen LogP contribution in [0.5, 0.6) is 0 Å². The van der Waals surface area contributed by atoms with Gasteiger partial charge in [-0.15, -0.1) is 0 Å². The summed E-state index contributed by atoms with van der Waals surface area (Å²) in [5.41, 5.74) is 2.70. The van der Waals surface area contributed by atoms with Gasteiger partial charge in [-0.05, 0) is 18.1 Å². The van der Waals surface area contributed by atoms with E-state index in [9.17, 15) is 0 Å². The Morgan fingerprint density at radius 2 is 2.00 bits per heavy atom. The average molecular weight is 134 g/mol. The molecule has 0 aromatic heterocycles. The number of hydrogen-bond acceptors (Lipinski definition) is 0. The van der Waals surface area contributed by atoms with Gasteiger partial charge in [-0.25, -0.2) is 0 Å². The summed E-state index contributed by atoms with van der Waals surface area (Å²) in [7, 11) is 0. The van der Waals surface area contributed by atoms with Gasteiger partial charge in [0.1, 0.15) is 0 Å². The van der Waals surface area contributed by atoms with Crippen LogP contribution in [0.3, 0.4) is 0 Å². The molecule has 0 saturated heterocycles. The Hall–Kier alpha value is -0.780. The molecule has 0 saturated carbocycles. The molecule has 1 aliphatic carbocycles. The monoisotopic (exact) mass is 134 g/mol. The highest BCUT2D eigenvalue weighted by molar-refractivity contribution is 5.41. The maximum atomic E-state index is 4.03. The summed E-state index contributed by atoms with van der Waals surface area (Å²) in [6.07, 6.45) is 6.39. The summed E-state index contributed by atoms with van der Waals surface area (Å²) in [5.74, 6) is 0. The SMILES string of the molecule is C=C1C(C)=CC=CC1(C)C. The lowest BCUT2D eigenvalue weighted by molar-refractivity contribution is 0.584. The maximum absolute atomic E-state index is 4.03. The third kappa shape index (κ3) is 1.06. The fraction of sp³-hybridized carbons (Fsp3) is 0.400. The van der Waals surface area contributed by atoms with Crippen LogP contribution in [-0.4, -0.2) is 0 Å². The van der Waals surface area contributed by atoms with Gasteiger partial charge >= 0.3 is 0 Å². The van der Waals surface area contributed by atoms with E-state index < -0.39 is 0 Å². The molecule has 0 heteroatoms. The molecular formula is C10H14. The number of rotatable bonds is 0. The summed E-state index contributed by atoms with van der Waals surface area (Å²) >= 11 is 0. The molecule has 0 unspecified atom stereocenters. The molecule has 0 radical (unpaired) electrons.